The molecule has 5 aromatic rings. The molecule has 2 aromatic carbocycles. The molecule has 4 N–H and O–H groups in total. The van der Waals surface area contributed by atoms with Crippen LogP contribution in [0.4, 0.5) is 5.82 Å². The van der Waals surface area contributed by atoms with E-state index in [1.54, 1.807) is 16.9 Å². The van der Waals surface area contributed by atoms with Crippen LogP contribution in [0.1, 0.15) is 11.4 Å². The molecule has 0 amide bonds. The maximum atomic E-state index is 9.30. The maximum Gasteiger partial charge on any atom is 0.136 e. The van der Waals surface area contributed by atoms with Gasteiger partial charge in [0.1, 0.15) is 11.6 Å². The second-order valence-electron chi connectivity index (χ2n) is 6.44. The van der Waals surface area contributed by atoms with Crippen LogP contribution in [-0.4, -0.2) is 24.7 Å². The van der Waals surface area contributed by atoms with Crippen LogP contribution in [0.25, 0.3) is 38.9 Å². The van der Waals surface area contributed by atoms with Gasteiger partial charge in [0.05, 0.1) is 45.8 Å². The number of nitrogens with zero attached hydrogens (tertiary/aromatic N) is 4. The summed E-state index contributed by atoms with van der Waals surface area (Å²) in [6.07, 6.45) is 1.73. The largest absolute Gasteiger partial charge is 0.383 e. The van der Waals surface area contributed by atoms with Crippen LogP contribution in [0.5, 0.6) is 0 Å². The number of benzene rings is 2. The van der Waals surface area contributed by atoms with E-state index in [0.717, 1.165) is 44.7 Å². The van der Waals surface area contributed by atoms with Crippen LogP contribution in [0.3, 0.4) is 0 Å². The van der Waals surface area contributed by atoms with Gasteiger partial charge in [-0.25, -0.2) is 9.67 Å². The van der Waals surface area contributed by atoms with E-state index in [2.05, 4.69) is 26.1 Å². The molecule has 7 heteroatoms. The third-order valence-electron chi connectivity index (χ3n) is 4.71. The number of nitrogens with one attached hydrogen (secondary N) is 2. The number of aromatic nitrogens is 5. The highest BCUT2D eigenvalue weighted by molar-refractivity contribution is 5.92. The van der Waals surface area contributed by atoms with Gasteiger partial charge < -0.3 is 15.7 Å². The lowest BCUT2D eigenvalue weighted by Gasteiger charge is -2.05. The fraction of sp³-hybridized carbons (Fsp3) is 0.0500. The summed E-state index contributed by atoms with van der Waals surface area (Å²) >= 11 is 0. The number of fused-ring (bicyclic) bond motifs is 2. The van der Waals surface area contributed by atoms with E-state index in [1.807, 2.05) is 43.3 Å². The van der Waals surface area contributed by atoms with Crippen molar-refractivity contribution >= 4 is 27.8 Å². The SMILES string of the molecule is Cc1nc2ccc(-n3ncc(-c4cc5c(C#N)cccc5[nH]4)c3N)cc2[nH]1. The van der Waals surface area contributed by atoms with Crippen molar-refractivity contribution in [3.8, 4) is 23.0 Å². The van der Waals surface area contributed by atoms with Crippen molar-refractivity contribution in [3.05, 3.63) is 60.0 Å². The van der Waals surface area contributed by atoms with Gasteiger partial charge in [0.25, 0.3) is 0 Å². The number of hydrogen-bond acceptors (Lipinski definition) is 4. The normalized spacial score (nSPS) is 11.3. The summed E-state index contributed by atoms with van der Waals surface area (Å²) in [7, 11) is 0. The van der Waals surface area contributed by atoms with Crippen molar-refractivity contribution in [1.82, 2.24) is 24.7 Å². The third-order valence-corrected chi connectivity index (χ3v) is 4.71. The standard InChI is InChI=1S/C20H15N7/c1-11-24-17-6-5-13(7-19(17)25-11)27-20(22)15(10-23-27)18-8-14-12(9-21)3-2-4-16(14)26-18/h2-8,10,26H,22H2,1H3,(H,24,25). The summed E-state index contributed by atoms with van der Waals surface area (Å²) in [6.45, 7) is 1.92. The van der Waals surface area contributed by atoms with Crippen molar-refractivity contribution in [3.63, 3.8) is 0 Å². The number of rotatable bonds is 2. The number of aryl methyl sites for hydroxylation is 1. The zero-order chi connectivity index (χ0) is 18.5. The number of H-pyrrole nitrogens is 2. The number of nitriles is 1. The lowest BCUT2D eigenvalue weighted by Crippen LogP contribution is -2.02. The van der Waals surface area contributed by atoms with E-state index in [4.69, 9.17) is 5.73 Å². The van der Waals surface area contributed by atoms with Crippen molar-refractivity contribution in [2.45, 2.75) is 6.92 Å². The van der Waals surface area contributed by atoms with Crippen LogP contribution in [0.2, 0.25) is 0 Å². The topological polar surface area (TPSA) is 112 Å². The molecule has 0 radical (unpaired) electrons. The Morgan fingerprint density at radius 1 is 1.11 bits per heavy atom. The van der Waals surface area contributed by atoms with E-state index >= 15 is 0 Å². The number of hydrogen-bond donors (Lipinski definition) is 3. The number of anilines is 1. The minimum absolute atomic E-state index is 0.524. The molecular formula is C20H15N7. The van der Waals surface area contributed by atoms with Crippen molar-refractivity contribution < 1.29 is 0 Å². The summed E-state index contributed by atoms with van der Waals surface area (Å²) in [6, 6.07) is 15.6. The number of imidazole rings is 1. The maximum absolute atomic E-state index is 9.30. The van der Waals surface area contributed by atoms with Crippen LogP contribution < -0.4 is 5.73 Å². The molecule has 0 fully saturated rings. The van der Waals surface area contributed by atoms with Gasteiger partial charge in [-0.3, -0.25) is 0 Å². The third kappa shape index (κ3) is 2.28. The Labute approximate surface area is 154 Å². The van der Waals surface area contributed by atoms with Crippen LogP contribution >= 0.6 is 0 Å². The number of nitrogen functional groups attached to an aromatic ring is 1. The Morgan fingerprint density at radius 2 is 2.00 bits per heavy atom. The summed E-state index contributed by atoms with van der Waals surface area (Å²) in [4.78, 5) is 11.0. The molecule has 0 spiro atoms. The molecule has 0 saturated heterocycles. The summed E-state index contributed by atoms with van der Waals surface area (Å²) in [5.74, 6) is 1.39. The lowest BCUT2D eigenvalue weighted by molar-refractivity contribution is 0.892. The summed E-state index contributed by atoms with van der Waals surface area (Å²) in [5.41, 5.74) is 12.2. The molecule has 0 saturated carbocycles. The number of nitrogens with two attached hydrogens (primary N) is 1. The second kappa shape index (κ2) is 5.47. The molecule has 0 unspecified atom stereocenters. The summed E-state index contributed by atoms with van der Waals surface area (Å²) in [5, 5.41) is 14.6. The summed E-state index contributed by atoms with van der Waals surface area (Å²) < 4.78 is 1.70. The average molecular weight is 353 g/mol. The van der Waals surface area contributed by atoms with Crippen molar-refractivity contribution in [2.75, 3.05) is 5.73 Å². The van der Waals surface area contributed by atoms with Gasteiger partial charge >= 0.3 is 0 Å². The van der Waals surface area contributed by atoms with Crippen LogP contribution in [0.15, 0.2) is 48.7 Å². The minimum atomic E-state index is 0.524. The monoisotopic (exact) mass is 353 g/mol. The van der Waals surface area contributed by atoms with E-state index < -0.39 is 0 Å². The Hall–Kier alpha value is -4.05. The molecule has 3 heterocycles. The zero-order valence-corrected chi connectivity index (χ0v) is 14.5. The first-order chi connectivity index (χ1) is 13.1. The first-order valence-corrected chi connectivity index (χ1v) is 8.46. The zero-order valence-electron chi connectivity index (χ0n) is 14.5. The van der Waals surface area contributed by atoms with Gasteiger partial charge in [-0.2, -0.15) is 10.4 Å². The Bertz CT molecular complexity index is 1360. The fourth-order valence-corrected chi connectivity index (χ4v) is 3.43. The minimum Gasteiger partial charge on any atom is -0.383 e. The highest BCUT2D eigenvalue weighted by Gasteiger charge is 2.15. The molecule has 0 bridgehead atoms. The van der Waals surface area contributed by atoms with E-state index in [-0.39, 0.29) is 0 Å². The molecule has 130 valence electrons. The van der Waals surface area contributed by atoms with Gasteiger partial charge in [0.2, 0.25) is 0 Å². The van der Waals surface area contributed by atoms with Gasteiger partial charge in [0, 0.05) is 10.9 Å². The molecule has 0 atom stereocenters. The average Bonchev–Trinajstić information content (AvgIpc) is 3.35. The van der Waals surface area contributed by atoms with Crippen molar-refractivity contribution in [1.29, 1.82) is 5.26 Å². The van der Waals surface area contributed by atoms with Gasteiger partial charge in [-0.05, 0) is 43.3 Å². The van der Waals surface area contributed by atoms with E-state index in [0.29, 0.717) is 11.4 Å². The molecule has 0 aliphatic carbocycles. The Kier molecular flexibility index (Phi) is 3.09. The molecule has 0 aliphatic heterocycles. The predicted molar refractivity (Wildman–Crippen MR) is 104 cm³/mol. The number of aromatic amines is 2. The highest BCUT2D eigenvalue weighted by Crippen LogP contribution is 2.31. The smallest absolute Gasteiger partial charge is 0.136 e. The second-order valence-corrected chi connectivity index (χ2v) is 6.44. The van der Waals surface area contributed by atoms with Gasteiger partial charge in [-0.1, -0.05) is 6.07 Å². The molecule has 7 nitrogen and oxygen atoms in total. The van der Waals surface area contributed by atoms with E-state index in [1.165, 1.54) is 0 Å². The molecule has 3 aromatic heterocycles. The predicted octanol–water partition coefficient (Wildman–Crippen LogP) is 3.66. The van der Waals surface area contributed by atoms with Gasteiger partial charge in [-0.15, -0.1) is 0 Å². The molecule has 27 heavy (non-hydrogen) atoms. The molecule has 0 aliphatic rings. The Morgan fingerprint density at radius 3 is 2.85 bits per heavy atom. The lowest BCUT2D eigenvalue weighted by atomic mass is 10.1. The fourth-order valence-electron chi connectivity index (χ4n) is 3.43. The highest BCUT2D eigenvalue weighted by atomic mass is 15.3. The quantitative estimate of drug-likeness (QED) is 0.449. The molecular weight excluding hydrogens is 338 g/mol. The van der Waals surface area contributed by atoms with Gasteiger partial charge in [0.15, 0.2) is 0 Å². The van der Waals surface area contributed by atoms with Crippen LogP contribution in [-0.2, 0) is 0 Å². The van der Waals surface area contributed by atoms with E-state index in [9.17, 15) is 5.26 Å². The first kappa shape index (κ1) is 15.2. The van der Waals surface area contributed by atoms with Crippen molar-refractivity contribution in [2.24, 2.45) is 0 Å². The van der Waals surface area contributed by atoms with Crippen LogP contribution in [0, 0.1) is 18.3 Å². The Balaban J connectivity index is 1.63. The first-order valence-electron chi connectivity index (χ1n) is 8.46. The molecule has 5 rings (SSSR count).